The molecule has 0 aromatic rings. The van der Waals surface area contributed by atoms with E-state index in [1.54, 1.807) is 6.92 Å². The van der Waals surface area contributed by atoms with E-state index in [-0.39, 0.29) is 17.6 Å². The highest BCUT2D eigenvalue weighted by atomic mass is 32.1. The first-order valence-electron chi connectivity index (χ1n) is 8.69. The van der Waals surface area contributed by atoms with Crippen molar-refractivity contribution in [2.45, 2.75) is 51.2 Å². The first-order valence-corrected chi connectivity index (χ1v) is 9.32. The van der Waals surface area contributed by atoms with Gasteiger partial charge in [-0.15, -0.1) is 0 Å². The second kappa shape index (κ2) is 10.4. The molecule has 0 radical (unpaired) electrons. The lowest BCUT2D eigenvalue weighted by molar-refractivity contribution is -0.141. The first-order chi connectivity index (χ1) is 12.2. The lowest BCUT2D eigenvalue weighted by Crippen LogP contribution is -2.57. The molecule has 0 saturated carbocycles. The third-order valence-corrected chi connectivity index (χ3v) is 4.95. The highest BCUT2D eigenvalue weighted by Gasteiger charge is 2.38. The van der Waals surface area contributed by atoms with Crippen molar-refractivity contribution in [1.29, 1.82) is 0 Å². The van der Waals surface area contributed by atoms with E-state index in [1.807, 2.05) is 6.92 Å². The molecule has 10 heteroatoms. The molecule has 1 rings (SSSR count). The fourth-order valence-electron chi connectivity index (χ4n) is 2.82. The van der Waals surface area contributed by atoms with Gasteiger partial charge in [-0.25, -0.2) is 0 Å². The Hall–Kier alpha value is -1.81. The van der Waals surface area contributed by atoms with Crippen LogP contribution in [0.5, 0.6) is 0 Å². The van der Waals surface area contributed by atoms with Crippen LogP contribution in [0.1, 0.15) is 33.1 Å². The van der Waals surface area contributed by atoms with Crippen LogP contribution in [0.3, 0.4) is 0 Å². The molecule has 0 aromatic carbocycles. The van der Waals surface area contributed by atoms with Crippen LogP contribution < -0.4 is 16.4 Å². The number of nitrogens with zero attached hydrogens (tertiary/aromatic N) is 1. The average Bonchev–Trinajstić information content (AvgIpc) is 3.11. The number of likely N-dealkylation sites (tertiary alicyclic amines) is 1. The van der Waals surface area contributed by atoms with Gasteiger partial charge in [-0.2, -0.15) is 12.6 Å². The van der Waals surface area contributed by atoms with Gasteiger partial charge in [0.1, 0.15) is 18.6 Å². The Kier molecular flexibility index (Phi) is 8.86. The van der Waals surface area contributed by atoms with Crippen molar-refractivity contribution in [2.75, 3.05) is 18.8 Å². The van der Waals surface area contributed by atoms with E-state index in [0.717, 1.165) is 0 Å². The molecule has 0 aromatic heterocycles. The van der Waals surface area contributed by atoms with Crippen molar-refractivity contribution in [3.05, 3.63) is 0 Å². The van der Waals surface area contributed by atoms with Gasteiger partial charge in [-0.1, -0.05) is 20.3 Å². The summed E-state index contributed by atoms with van der Waals surface area (Å²) in [5, 5.41) is 13.7. The lowest BCUT2D eigenvalue weighted by atomic mass is 9.97. The van der Waals surface area contributed by atoms with Gasteiger partial charge in [0, 0.05) is 12.3 Å². The smallest absolute Gasteiger partial charge is 0.322 e. The predicted molar refractivity (Wildman–Crippen MR) is 98.6 cm³/mol. The van der Waals surface area contributed by atoms with Crippen molar-refractivity contribution in [1.82, 2.24) is 15.5 Å². The molecule has 0 spiro atoms. The normalized spacial score (nSPS) is 20.2. The second-order valence-electron chi connectivity index (χ2n) is 6.46. The van der Waals surface area contributed by atoms with Crippen molar-refractivity contribution in [3.8, 4) is 0 Å². The van der Waals surface area contributed by atoms with E-state index < -0.39 is 42.5 Å². The minimum absolute atomic E-state index is 0.177. The maximum absolute atomic E-state index is 12.7. The zero-order valence-corrected chi connectivity index (χ0v) is 16.0. The number of carboxylic acid groups (broad SMARTS) is 1. The lowest BCUT2D eigenvalue weighted by Gasteiger charge is -2.29. The van der Waals surface area contributed by atoms with E-state index in [1.165, 1.54) is 4.90 Å². The first kappa shape index (κ1) is 22.2. The van der Waals surface area contributed by atoms with E-state index >= 15 is 0 Å². The highest BCUT2D eigenvalue weighted by molar-refractivity contribution is 7.80. The van der Waals surface area contributed by atoms with Crippen LogP contribution in [0.2, 0.25) is 0 Å². The molecule has 4 atom stereocenters. The molecule has 5 N–H and O–H groups in total. The van der Waals surface area contributed by atoms with E-state index in [9.17, 15) is 19.2 Å². The average molecular weight is 388 g/mol. The van der Waals surface area contributed by atoms with Gasteiger partial charge in [0.25, 0.3) is 0 Å². The van der Waals surface area contributed by atoms with Gasteiger partial charge in [0.2, 0.25) is 17.7 Å². The molecular formula is C16H28N4O5S. The Morgan fingerprint density at radius 2 is 2.00 bits per heavy atom. The molecule has 0 unspecified atom stereocenters. The van der Waals surface area contributed by atoms with Gasteiger partial charge in [-0.05, 0) is 18.8 Å². The van der Waals surface area contributed by atoms with Crippen molar-refractivity contribution in [3.63, 3.8) is 0 Å². The summed E-state index contributed by atoms with van der Waals surface area (Å²) in [4.78, 5) is 49.3. The molecule has 26 heavy (non-hydrogen) atoms. The van der Waals surface area contributed by atoms with Crippen LogP contribution in [0.15, 0.2) is 0 Å². The number of carbonyl (C=O) groups is 4. The van der Waals surface area contributed by atoms with Crippen molar-refractivity contribution >= 4 is 36.3 Å². The summed E-state index contributed by atoms with van der Waals surface area (Å²) in [5.41, 5.74) is 5.73. The third-order valence-electron chi connectivity index (χ3n) is 4.56. The van der Waals surface area contributed by atoms with E-state index in [2.05, 4.69) is 23.3 Å². The number of hydrogen-bond donors (Lipinski definition) is 5. The number of amides is 3. The SMILES string of the molecule is CC[C@H](C)[C@H](NC(=O)[C@@H]1CCCN1C(=O)[C@@H](N)CS)C(=O)NCC(=O)O. The Labute approximate surface area is 158 Å². The van der Waals surface area contributed by atoms with Crippen LogP contribution in [-0.4, -0.2) is 70.7 Å². The van der Waals surface area contributed by atoms with Crippen LogP contribution in [-0.2, 0) is 19.2 Å². The maximum atomic E-state index is 12.7. The van der Waals surface area contributed by atoms with Gasteiger partial charge in [-0.3, -0.25) is 19.2 Å². The van der Waals surface area contributed by atoms with Crippen LogP contribution in [0.25, 0.3) is 0 Å². The molecule has 148 valence electrons. The molecule has 1 fully saturated rings. The number of aliphatic carboxylic acids is 1. The number of rotatable bonds is 9. The summed E-state index contributed by atoms with van der Waals surface area (Å²) < 4.78 is 0. The number of carbonyl (C=O) groups excluding carboxylic acids is 3. The van der Waals surface area contributed by atoms with Gasteiger partial charge < -0.3 is 26.4 Å². The molecule has 0 bridgehead atoms. The highest BCUT2D eigenvalue weighted by Crippen LogP contribution is 2.19. The number of nitrogens with two attached hydrogens (primary N) is 1. The predicted octanol–water partition coefficient (Wildman–Crippen LogP) is -1.03. The van der Waals surface area contributed by atoms with Crippen molar-refractivity contribution in [2.24, 2.45) is 11.7 Å². The topological polar surface area (TPSA) is 142 Å². The summed E-state index contributed by atoms with van der Waals surface area (Å²) in [6.07, 6.45) is 1.77. The monoisotopic (exact) mass is 388 g/mol. The molecule has 1 aliphatic rings. The van der Waals surface area contributed by atoms with Crippen molar-refractivity contribution < 1.29 is 24.3 Å². The molecule has 1 saturated heterocycles. The zero-order chi connectivity index (χ0) is 19.9. The maximum Gasteiger partial charge on any atom is 0.322 e. The Bertz CT molecular complexity index is 545. The number of nitrogens with one attached hydrogen (secondary N) is 2. The Balaban J connectivity index is 2.83. The van der Waals surface area contributed by atoms with E-state index in [4.69, 9.17) is 10.8 Å². The summed E-state index contributed by atoms with van der Waals surface area (Å²) in [7, 11) is 0. The third kappa shape index (κ3) is 5.87. The van der Waals surface area contributed by atoms with Crippen LogP contribution in [0.4, 0.5) is 0 Å². The summed E-state index contributed by atoms with van der Waals surface area (Å²) in [5.74, 6) is -2.51. The quantitative estimate of drug-likeness (QED) is 0.320. The molecule has 9 nitrogen and oxygen atoms in total. The largest absolute Gasteiger partial charge is 0.480 e. The minimum Gasteiger partial charge on any atom is -0.480 e. The standard InChI is InChI=1S/C16H28N4O5S/c1-3-9(2)13(15(24)18-7-12(21)22)19-14(23)11-5-4-6-20(11)16(25)10(17)8-26/h9-11,13,26H,3-8,17H2,1-2H3,(H,18,24)(H,19,23)(H,21,22)/t9-,10-,11-,13-/m0/s1. The molecule has 3 amide bonds. The fourth-order valence-corrected chi connectivity index (χ4v) is 2.97. The summed E-state index contributed by atoms with van der Waals surface area (Å²) in [6.45, 7) is 3.56. The number of hydrogen-bond acceptors (Lipinski definition) is 6. The molecule has 1 heterocycles. The zero-order valence-electron chi connectivity index (χ0n) is 15.1. The second-order valence-corrected chi connectivity index (χ2v) is 6.83. The van der Waals surface area contributed by atoms with Crippen LogP contribution >= 0.6 is 12.6 Å². The van der Waals surface area contributed by atoms with Gasteiger partial charge >= 0.3 is 5.97 Å². The Morgan fingerprint density at radius 3 is 2.54 bits per heavy atom. The molecule has 0 aliphatic carbocycles. The summed E-state index contributed by atoms with van der Waals surface area (Å²) >= 11 is 4.02. The number of thiol groups is 1. The van der Waals surface area contributed by atoms with E-state index in [0.29, 0.717) is 25.8 Å². The summed E-state index contributed by atoms with van der Waals surface area (Å²) in [6, 6.07) is -2.34. The van der Waals surface area contributed by atoms with Gasteiger partial charge in [0.05, 0.1) is 6.04 Å². The Morgan fingerprint density at radius 1 is 1.35 bits per heavy atom. The van der Waals surface area contributed by atoms with Crippen LogP contribution in [0, 0.1) is 5.92 Å². The minimum atomic E-state index is -1.17. The molecule has 1 aliphatic heterocycles. The number of carboxylic acids is 1. The molecular weight excluding hydrogens is 360 g/mol. The fraction of sp³-hybridized carbons (Fsp3) is 0.750. The van der Waals surface area contributed by atoms with Gasteiger partial charge in [0.15, 0.2) is 0 Å².